The Bertz CT molecular complexity index is 435. The molecule has 0 aliphatic heterocycles. The minimum Gasteiger partial charge on any atom is -0.409 e. The van der Waals surface area contributed by atoms with Crippen LogP contribution in [0.15, 0.2) is 29.2 Å². The highest BCUT2D eigenvalue weighted by Crippen LogP contribution is 2.29. The molecular weight excluding hydrogens is 252 g/mol. The van der Waals surface area contributed by atoms with Gasteiger partial charge in [0.2, 0.25) is 5.91 Å². The third kappa shape index (κ3) is 4.29. The molecule has 0 saturated heterocycles. The Morgan fingerprint density at radius 1 is 1.33 bits per heavy atom. The van der Waals surface area contributed by atoms with E-state index in [-0.39, 0.29) is 5.91 Å². The summed E-state index contributed by atoms with van der Waals surface area (Å²) in [7, 11) is 4.90. The topological polar surface area (TPSA) is 58.6 Å². The smallest absolute Gasteiger partial charge is 0.409 e. The van der Waals surface area contributed by atoms with Crippen LogP contribution < -0.4 is 10.1 Å². The third-order valence-electron chi connectivity index (χ3n) is 2.11. The summed E-state index contributed by atoms with van der Waals surface area (Å²) in [4.78, 5) is 24.9. The zero-order valence-corrected chi connectivity index (χ0v) is 11.4. The second-order valence-corrected chi connectivity index (χ2v) is 4.68. The minimum atomic E-state index is -0.526. The standard InChI is InChI=1S/C12H16N2O3S/c1-13-12(16)17-9-6-4-5-7-10(9)18-8-11(15)14(2)3/h4-7H,8H2,1-3H3,(H,13,16). The molecule has 0 aliphatic rings. The van der Waals surface area contributed by atoms with Crippen molar-refractivity contribution in [1.82, 2.24) is 10.2 Å². The molecule has 1 rings (SSSR count). The Labute approximate surface area is 110 Å². The van der Waals surface area contributed by atoms with Gasteiger partial charge in [-0.1, -0.05) is 12.1 Å². The van der Waals surface area contributed by atoms with E-state index in [1.165, 1.54) is 23.7 Å². The molecule has 0 unspecified atom stereocenters. The van der Waals surface area contributed by atoms with Crippen LogP contribution in [0, 0.1) is 0 Å². The lowest BCUT2D eigenvalue weighted by Gasteiger charge is -2.11. The van der Waals surface area contributed by atoms with Crippen molar-refractivity contribution in [2.24, 2.45) is 0 Å². The summed E-state index contributed by atoms with van der Waals surface area (Å²) in [6, 6.07) is 7.11. The van der Waals surface area contributed by atoms with E-state index in [0.717, 1.165) is 4.90 Å². The van der Waals surface area contributed by atoms with E-state index in [2.05, 4.69) is 5.32 Å². The fourth-order valence-electron chi connectivity index (χ4n) is 1.07. The molecule has 1 aromatic rings. The summed E-state index contributed by atoms with van der Waals surface area (Å²) in [5, 5.41) is 2.38. The zero-order chi connectivity index (χ0) is 13.5. The van der Waals surface area contributed by atoms with Gasteiger partial charge in [-0.05, 0) is 12.1 Å². The largest absolute Gasteiger partial charge is 0.412 e. The number of ether oxygens (including phenoxy) is 1. The number of amides is 2. The van der Waals surface area contributed by atoms with Gasteiger partial charge >= 0.3 is 6.09 Å². The molecule has 2 amide bonds. The van der Waals surface area contributed by atoms with Crippen LogP contribution in [-0.4, -0.2) is 43.8 Å². The summed E-state index contributed by atoms with van der Waals surface area (Å²) in [5.41, 5.74) is 0. The Balaban J connectivity index is 2.70. The molecule has 0 aromatic heterocycles. The first-order valence-corrected chi connectivity index (χ1v) is 6.34. The van der Waals surface area contributed by atoms with E-state index in [9.17, 15) is 9.59 Å². The second-order valence-electron chi connectivity index (χ2n) is 3.66. The van der Waals surface area contributed by atoms with Gasteiger partial charge in [-0.3, -0.25) is 4.79 Å². The Kier molecular flexibility index (Phi) is 5.51. The highest BCUT2D eigenvalue weighted by atomic mass is 32.2. The van der Waals surface area contributed by atoms with Crippen LogP contribution in [-0.2, 0) is 4.79 Å². The number of hydrogen-bond donors (Lipinski definition) is 1. The summed E-state index contributed by atoms with van der Waals surface area (Å²) in [6.45, 7) is 0. The number of carbonyl (C=O) groups excluding carboxylic acids is 2. The van der Waals surface area contributed by atoms with Crippen molar-refractivity contribution in [3.05, 3.63) is 24.3 Å². The molecule has 6 heteroatoms. The number of nitrogens with zero attached hydrogens (tertiary/aromatic N) is 1. The summed E-state index contributed by atoms with van der Waals surface area (Å²) >= 11 is 1.34. The minimum absolute atomic E-state index is 0.00902. The lowest BCUT2D eigenvalue weighted by Crippen LogP contribution is -2.24. The van der Waals surface area contributed by atoms with Gasteiger partial charge < -0.3 is 15.0 Å². The van der Waals surface area contributed by atoms with Crippen molar-refractivity contribution in [1.29, 1.82) is 0 Å². The molecule has 0 heterocycles. The van der Waals surface area contributed by atoms with Gasteiger partial charge in [0.15, 0.2) is 0 Å². The van der Waals surface area contributed by atoms with Crippen LogP contribution in [0.4, 0.5) is 4.79 Å². The average Bonchev–Trinajstić information content (AvgIpc) is 2.37. The number of rotatable bonds is 4. The molecule has 0 saturated carbocycles. The molecule has 0 radical (unpaired) electrons. The van der Waals surface area contributed by atoms with Crippen molar-refractivity contribution >= 4 is 23.8 Å². The highest BCUT2D eigenvalue weighted by Gasteiger charge is 2.10. The Morgan fingerprint density at radius 2 is 2.00 bits per heavy atom. The summed E-state index contributed by atoms with van der Waals surface area (Å²) < 4.78 is 5.09. The summed E-state index contributed by atoms with van der Waals surface area (Å²) in [6.07, 6.45) is -0.526. The predicted octanol–water partition coefficient (Wildman–Crippen LogP) is 1.59. The number of hydrogen-bond acceptors (Lipinski definition) is 4. The van der Waals surface area contributed by atoms with Crippen molar-refractivity contribution < 1.29 is 14.3 Å². The van der Waals surface area contributed by atoms with Gasteiger partial charge in [0, 0.05) is 21.1 Å². The zero-order valence-electron chi connectivity index (χ0n) is 10.6. The molecule has 1 aromatic carbocycles. The van der Waals surface area contributed by atoms with E-state index < -0.39 is 6.09 Å². The quantitative estimate of drug-likeness (QED) is 0.842. The van der Waals surface area contributed by atoms with Gasteiger partial charge in [0.05, 0.1) is 10.6 Å². The van der Waals surface area contributed by atoms with Crippen LogP contribution in [0.3, 0.4) is 0 Å². The molecule has 0 fully saturated rings. The maximum atomic E-state index is 11.5. The average molecular weight is 268 g/mol. The SMILES string of the molecule is CNC(=O)Oc1ccccc1SCC(=O)N(C)C. The third-order valence-corrected chi connectivity index (χ3v) is 3.15. The van der Waals surface area contributed by atoms with Gasteiger partial charge in [0.1, 0.15) is 5.75 Å². The normalized spacial score (nSPS) is 9.72. The summed E-state index contributed by atoms with van der Waals surface area (Å²) in [5.74, 6) is 0.768. The first-order chi connectivity index (χ1) is 8.54. The van der Waals surface area contributed by atoms with E-state index in [1.54, 1.807) is 26.2 Å². The molecule has 0 aliphatic carbocycles. The van der Waals surface area contributed by atoms with E-state index in [4.69, 9.17) is 4.74 Å². The van der Waals surface area contributed by atoms with Crippen molar-refractivity contribution in [2.45, 2.75) is 4.90 Å². The molecule has 5 nitrogen and oxygen atoms in total. The van der Waals surface area contributed by atoms with Crippen LogP contribution >= 0.6 is 11.8 Å². The highest BCUT2D eigenvalue weighted by molar-refractivity contribution is 8.00. The number of benzene rings is 1. The monoisotopic (exact) mass is 268 g/mol. The maximum absolute atomic E-state index is 11.5. The lowest BCUT2D eigenvalue weighted by atomic mass is 10.3. The molecule has 0 atom stereocenters. The van der Waals surface area contributed by atoms with Crippen molar-refractivity contribution in [3.8, 4) is 5.75 Å². The molecule has 0 bridgehead atoms. The van der Waals surface area contributed by atoms with Crippen LogP contribution in [0.25, 0.3) is 0 Å². The molecule has 98 valence electrons. The number of carbonyl (C=O) groups is 2. The van der Waals surface area contributed by atoms with Gasteiger partial charge in [0.25, 0.3) is 0 Å². The Morgan fingerprint density at radius 3 is 2.61 bits per heavy atom. The molecule has 18 heavy (non-hydrogen) atoms. The predicted molar refractivity (Wildman–Crippen MR) is 70.9 cm³/mol. The first-order valence-electron chi connectivity index (χ1n) is 5.36. The van der Waals surface area contributed by atoms with Gasteiger partial charge in [-0.15, -0.1) is 11.8 Å². The number of para-hydroxylation sites is 1. The second kappa shape index (κ2) is 6.90. The molecular formula is C12H16N2O3S. The van der Waals surface area contributed by atoms with E-state index >= 15 is 0 Å². The maximum Gasteiger partial charge on any atom is 0.412 e. The number of thioether (sulfide) groups is 1. The van der Waals surface area contributed by atoms with Crippen molar-refractivity contribution in [2.75, 3.05) is 26.9 Å². The molecule has 1 N–H and O–H groups in total. The fraction of sp³-hybridized carbons (Fsp3) is 0.333. The Hall–Kier alpha value is -1.69. The van der Waals surface area contributed by atoms with Crippen LogP contribution in [0.1, 0.15) is 0 Å². The van der Waals surface area contributed by atoms with E-state index in [1.807, 2.05) is 12.1 Å². The van der Waals surface area contributed by atoms with Crippen molar-refractivity contribution in [3.63, 3.8) is 0 Å². The lowest BCUT2D eigenvalue weighted by molar-refractivity contribution is -0.125. The van der Waals surface area contributed by atoms with Crippen LogP contribution in [0.2, 0.25) is 0 Å². The fourth-order valence-corrected chi connectivity index (χ4v) is 2.04. The number of nitrogens with one attached hydrogen (secondary N) is 1. The molecule has 0 spiro atoms. The van der Waals surface area contributed by atoms with Gasteiger partial charge in [-0.2, -0.15) is 0 Å². The van der Waals surface area contributed by atoms with Gasteiger partial charge in [-0.25, -0.2) is 4.79 Å². The first kappa shape index (κ1) is 14.4. The van der Waals surface area contributed by atoms with Crippen LogP contribution in [0.5, 0.6) is 5.75 Å². The van der Waals surface area contributed by atoms with E-state index in [0.29, 0.717) is 11.5 Å².